The number of ether oxygens (including phenoxy) is 2. The Hall–Kier alpha value is 0.920. The van der Waals surface area contributed by atoms with Crippen molar-refractivity contribution in [1.29, 1.82) is 0 Å². The summed E-state index contributed by atoms with van der Waals surface area (Å²) in [5, 5.41) is 0. The van der Waals surface area contributed by atoms with E-state index >= 15 is 0 Å². The van der Waals surface area contributed by atoms with Crippen LogP contribution in [0.25, 0.3) is 0 Å². The monoisotopic (exact) mass is 710 g/mol. The molecular formula is C16H12Br6O2. The van der Waals surface area contributed by atoms with Gasteiger partial charge in [0.25, 0.3) is 0 Å². The van der Waals surface area contributed by atoms with Gasteiger partial charge >= 0.3 is 0 Å². The Bertz CT molecular complexity index is 645. The van der Waals surface area contributed by atoms with E-state index in [2.05, 4.69) is 95.6 Å². The molecule has 1 unspecified atom stereocenters. The number of hydrogen-bond acceptors (Lipinski definition) is 2. The number of alkyl halides is 6. The normalized spacial score (nSPS) is 14.8. The van der Waals surface area contributed by atoms with Gasteiger partial charge in [0.05, 0.1) is 0 Å². The van der Waals surface area contributed by atoms with Gasteiger partial charge in [-0.3, -0.25) is 0 Å². The van der Waals surface area contributed by atoms with Crippen molar-refractivity contribution in [1.82, 2.24) is 0 Å². The van der Waals surface area contributed by atoms with Crippen LogP contribution in [0.2, 0.25) is 0 Å². The second kappa shape index (κ2) is 8.74. The molecule has 2 aromatic rings. The molecule has 2 nitrogen and oxygen atoms in total. The van der Waals surface area contributed by atoms with E-state index in [1.807, 2.05) is 60.7 Å². The first kappa shape index (κ1) is 21.2. The van der Waals surface area contributed by atoms with Crippen LogP contribution in [-0.4, -0.2) is 16.5 Å². The zero-order chi connectivity index (χ0) is 17.8. The van der Waals surface area contributed by atoms with E-state index in [0.717, 1.165) is 5.75 Å². The van der Waals surface area contributed by atoms with Gasteiger partial charge in [0, 0.05) is 0 Å². The molecule has 1 atom stereocenters. The molecule has 0 aromatic heterocycles. The van der Waals surface area contributed by atoms with Crippen molar-refractivity contribution in [3.8, 4) is 11.5 Å². The zero-order valence-electron chi connectivity index (χ0n) is 12.1. The van der Waals surface area contributed by atoms with Gasteiger partial charge in [-0.2, -0.15) is 0 Å². The summed E-state index contributed by atoms with van der Waals surface area (Å²) in [5.74, 6) is 1.45. The van der Waals surface area contributed by atoms with Crippen LogP contribution in [-0.2, 0) is 0 Å². The fourth-order valence-corrected chi connectivity index (χ4v) is 4.51. The van der Waals surface area contributed by atoms with Crippen molar-refractivity contribution in [2.45, 2.75) is 9.89 Å². The maximum atomic E-state index is 6.22. The molecule has 0 amide bonds. The van der Waals surface area contributed by atoms with E-state index in [9.17, 15) is 0 Å². The quantitative estimate of drug-likeness (QED) is 0.288. The summed E-state index contributed by atoms with van der Waals surface area (Å²) < 4.78 is 9.62. The Morgan fingerprint density at radius 1 is 0.667 bits per heavy atom. The highest BCUT2D eigenvalue weighted by atomic mass is 80.0. The maximum absolute atomic E-state index is 6.22. The van der Waals surface area contributed by atoms with E-state index in [1.165, 1.54) is 0 Å². The molecule has 0 aliphatic heterocycles. The van der Waals surface area contributed by atoms with E-state index < -0.39 is 9.89 Å². The average molecular weight is 716 g/mol. The topological polar surface area (TPSA) is 18.5 Å². The third-order valence-corrected chi connectivity index (χ3v) is 12.5. The fraction of sp³-hybridized carbons (Fsp3) is 0.250. The van der Waals surface area contributed by atoms with Gasteiger partial charge < -0.3 is 9.47 Å². The molecule has 0 saturated heterocycles. The minimum Gasteiger partial charge on any atom is -0.488 e. The van der Waals surface area contributed by atoms with Gasteiger partial charge in [-0.1, -0.05) is 116 Å². The molecule has 0 aliphatic carbocycles. The summed E-state index contributed by atoms with van der Waals surface area (Å²) in [6.07, 6.45) is 0. The van der Waals surface area contributed by atoms with Crippen molar-refractivity contribution in [3.63, 3.8) is 0 Å². The minimum atomic E-state index is -0.978. The number of benzene rings is 2. The summed E-state index contributed by atoms with van der Waals surface area (Å²) >= 11 is 21.7. The van der Waals surface area contributed by atoms with Gasteiger partial charge in [-0.25, -0.2) is 0 Å². The van der Waals surface area contributed by atoms with Crippen molar-refractivity contribution in [2.24, 2.45) is 0 Å². The molecule has 0 heterocycles. The highest BCUT2D eigenvalue weighted by Gasteiger charge is 2.60. The predicted octanol–water partition coefficient (Wildman–Crippen LogP) is 7.56. The van der Waals surface area contributed by atoms with Gasteiger partial charge in [-0.05, 0) is 40.2 Å². The lowest BCUT2D eigenvalue weighted by Gasteiger charge is -2.43. The minimum absolute atomic E-state index is 0.215. The van der Waals surface area contributed by atoms with Crippen LogP contribution in [0.15, 0.2) is 60.7 Å². The third kappa shape index (κ3) is 5.22. The first-order chi connectivity index (χ1) is 11.2. The van der Waals surface area contributed by atoms with Crippen LogP contribution in [0.5, 0.6) is 11.5 Å². The van der Waals surface area contributed by atoms with Crippen molar-refractivity contribution in [3.05, 3.63) is 60.7 Å². The van der Waals surface area contributed by atoms with E-state index in [1.54, 1.807) is 0 Å². The van der Waals surface area contributed by atoms with Crippen molar-refractivity contribution in [2.75, 3.05) is 6.61 Å². The van der Waals surface area contributed by atoms with E-state index in [4.69, 9.17) is 9.47 Å². The van der Waals surface area contributed by atoms with Crippen LogP contribution >= 0.6 is 95.6 Å². The van der Waals surface area contributed by atoms with E-state index in [-0.39, 0.29) is 6.61 Å². The van der Waals surface area contributed by atoms with Gasteiger partial charge in [0.15, 0.2) is 5.38 Å². The van der Waals surface area contributed by atoms with Gasteiger partial charge in [0.1, 0.15) is 18.1 Å². The number of halogens is 6. The second-order valence-electron chi connectivity index (χ2n) is 4.82. The standard InChI is InChI=1S/C16H12Br6O2/c17-14(15(18,19)16(20,21)22,24-13-9-5-2-6-10-13)11-23-12-7-3-1-4-8-12/h1-10H,11H2. The lowest BCUT2D eigenvalue weighted by atomic mass is 10.2. The summed E-state index contributed by atoms with van der Waals surface area (Å²) in [5.41, 5.74) is 0. The summed E-state index contributed by atoms with van der Waals surface area (Å²) in [7, 11) is 0. The molecule has 0 bridgehead atoms. The molecule has 0 radical (unpaired) electrons. The maximum Gasteiger partial charge on any atom is 0.224 e. The Morgan fingerprint density at radius 3 is 1.58 bits per heavy atom. The Morgan fingerprint density at radius 2 is 1.12 bits per heavy atom. The summed E-state index contributed by atoms with van der Waals surface area (Å²) in [4.78, 5) is 0. The fourth-order valence-electron chi connectivity index (χ4n) is 1.76. The molecule has 8 heteroatoms. The molecule has 0 saturated carbocycles. The first-order valence-electron chi connectivity index (χ1n) is 6.71. The lowest BCUT2D eigenvalue weighted by Crippen LogP contribution is -2.56. The number of hydrogen-bond donors (Lipinski definition) is 0. The van der Waals surface area contributed by atoms with Crippen LogP contribution in [0.3, 0.4) is 0 Å². The largest absolute Gasteiger partial charge is 0.488 e. The van der Waals surface area contributed by atoms with E-state index in [0.29, 0.717) is 5.75 Å². The molecule has 24 heavy (non-hydrogen) atoms. The van der Waals surface area contributed by atoms with Crippen LogP contribution in [0.4, 0.5) is 0 Å². The van der Waals surface area contributed by atoms with Crippen molar-refractivity contribution >= 4 is 95.6 Å². The lowest BCUT2D eigenvalue weighted by molar-refractivity contribution is 0.100. The summed E-state index contributed by atoms with van der Waals surface area (Å²) in [6.45, 7) is 0.215. The van der Waals surface area contributed by atoms with Crippen LogP contribution in [0, 0.1) is 0 Å². The van der Waals surface area contributed by atoms with Crippen LogP contribution < -0.4 is 9.47 Å². The average Bonchev–Trinajstić information content (AvgIpc) is 2.54. The molecular weight excluding hydrogens is 704 g/mol. The highest BCUT2D eigenvalue weighted by molar-refractivity contribution is 9.41. The number of para-hydroxylation sites is 2. The second-order valence-corrected chi connectivity index (χ2v) is 16.3. The zero-order valence-corrected chi connectivity index (χ0v) is 21.6. The first-order valence-corrected chi connectivity index (χ1v) is 11.5. The summed E-state index contributed by atoms with van der Waals surface area (Å²) in [6, 6.07) is 19.1. The van der Waals surface area contributed by atoms with Gasteiger partial charge in [-0.15, -0.1) is 0 Å². The molecule has 0 spiro atoms. The molecule has 0 aliphatic rings. The third-order valence-electron chi connectivity index (χ3n) is 3.02. The smallest absolute Gasteiger partial charge is 0.224 e. The number of rotatable bonds is 6. The Kier molecular flexibility index (Phi) is 7.73. The molecule has 2 aromatic carbocycles. The molecule has 130 valence electrons. The Labute approximate surface area is 191 Å². The van der Waals surface area contributed by atoms with Gasteiger partial charge in [0.2, 0.25) is 4.51 Å². The molecule has 2 rings (SSSR count). The molecule has 0 fully saturated rings. The highest BCUT2D eigenvalue weighted by Crippen LogP contribution is 2.60. The predicted molar refractivity (Wildman–Crippen MR) is 121 cm³/mol. The Balaban J connectivity index is 2.30. The molecule has 0 N–H and O–H groups in total. The SMILES string of the molecule is BrC(Br)(Br)C(Br)(Br)C(Br)(COc1ccccc1)Oc1ccccc1. The van der Waals surface area contributed by atoms with Crippen LogP contribution in [0.1, 0.15) is 0 Å². The van der Waals surface area contributed by atoms with Crippen molar-refractivity contribution < 1.29 is 9.47 Å².